The number of aromatic nitrogens is 4. The number of hydrogen-bond acceptors (Lipinski definition) is 4. The van der Waals surface area contributed by atoms with E-state index in [2.05, 4.69) is 50.3 Å². The first-order valence-corrected chi connectivity index (χ1v) is 19.7. The van der Waals surface area contributed by atoms with Gasteiger partial charge in [0, 0.05) is 24.8 Å². The molecule has 2 aromatic heterocycles. The van der Waals surface area contributed by atoms with Crippen molar-refractivity contribution in [3.05, 3.63) is 102 Å². The molecule has 4 aromatic rings. The van der Waals surface area contributed by atoms with Crippen molar-refractivity contribution in [1.29, 1.82) is 0 Å². The number of nitrogens with zero attached hydrogens (tertiary/aromatic N) is 4. The van der Waals surface area contributed by atoms with E-state index >= 15 is 0 Å². The predicted octanol–water partition coefficient (Wildman–Crippen LogP) is 6.67. The zero-order valence-corrected chi connectivity index (χ0v) is 28.8. The molecule has 5 unspecified atom stereocenters. The summed E-state index contributed by atoms with van der Waals surface area (Å²) in [4.78, 5) is 19.2. The quantitative estimate of drug-likeness (QED) is 0.134. The van der Waals surface area contributed by atoms with E-state index in [0.717, 1.165) is 35.3 Å². The number of hydrogen-bond donors (Lipinski definition) is 0. The van der Waals surface area contributed by atoms with Crippen molar-refractivity contribution in [2.45, 2.75) is 62.3 Å². The molecule has 4 fully saturated rings. The zero-order valence-electron chi connectivity index (χ0n) is 24.4. The molecular formula is C33H42FeN4P2Si. The average Bonchev–Trinajstić information content (AvgIpc) is 3.68. The molecule has 8 rings (SSSR count). The molecule has 8 heteroatoms. The Morgan fingerprint density at radius 1 is 0.878 bits per heavy atom. The van der Waals surface area contributed by atoms with Gasteiger partial charge in [0.05, 0.1) is 8.07 Å². The van der Waals surface area contributed by atoms with E-state index in [-0.39, 0.29) is 22.5 Å². The van der Waals surface area contributed by atoms with Crippen LogP contribution in [-0.4, -0.2) is 34.2 Å². The molecule has 4 aliphatic carbocycles. The molecule has 4 aliphatic rings. The minimum atomic E-state index is -1.57. The second-order valence-corrected chi connectivity index (χ2v) is 19.8. The molecular weight excluding hydrogens is 598 g/mol. The van der Waals surface area contributed by atoms with Gasteiger partial charge < -0.3 is 0 Å². The maximum Gasteiger partial charge on any atom is 2.00 e. The Morgan fingerprint density at radius 3 is 1.85 bits per heavy atom. The summed E-state index contributed by atoms with van der Waals surface area (Å²) in [6.07, 6.45) is 15.5. The Balaban J connectivity index is 0.000000510. The van der Waals surface area contributed by atoms with Gasteiger partial charge in [-0.25, -0.2) is 38.1 Å². The van der Waals surface area contributed by atoms with Gasteiger partial charge in [-0.05, 0) is 61.2 Å². The molecule has 0 saturated heterocycles. The maximum absolute atomic E-state index is 4.80. The normalized spacial score (nSPS) is 26.7. The summed E-state index contributed by atoms with van der Waals surface area (Å²) in [6, 6.07) is 18.9. The summed E-state index contributed by atoms with van der Waals surface area (Å²) in [5, 5.41) is 0.851. The SMILES string of the molecule is C[Si](C)(C)c1cc(C23CC4CC(CC(C4)C2CP)C3)c(C(P)(c2ncccn2)c2ncccn2)[cH-]1.[Fe+2].c1cc[cH-]c1. The van der Waals surface area contributed by atoms with Crippen LogP contribution >= 0.6 is 18.5 Å². The van der Waals surface area contributed by atoms with Gasteiger partial charge in [0.2, 0.25) is 0 Å². The van der Waals surface area contributed by atoms with Crippen LogP contribution in [-0.2, 0) is 27.6 Å². The first-order valence-electron chi connectivity index (χ1n) is 14.8. The molecule has 0 amide bonds. The Bertz CT molecular complexity index is 1330. The van der Waals surface area contributed by atoms with Crippen molar-refractivity contribution < 1.29 is 17.1 Å². The number of rotatable bonds is 6. The van der Waals surface area contributed by atoms with Crippen LogP contribution in [0.3, 0.4) is 0 Å². The fraction of sp³-hybridized carbons (Fsp3) is 0.455. The maximum atomic E-state index is 4.80. The average molecular weight is 641 g/mol. The predicted molar refractivity (Wildman–Crippen MR) is 174 cm³/mol. The van der Waals surface area contributed by atoms with Crippen molar-refractivity contribution in [3.63, 3.8) is 0 Å². The molecule has 216 valence electrons. The van der Waals surface area contributed by atoms with E-state index in [9.17, 15) is 0 Å². The second kappa shape index (κ2) is 12.2. The fourth-order valence-corrected chi connectivity index (χ4v) is 10.9. The Kier molecular flexibility index (Phi) is 9.21. The summed E-state index contributed by atoms with van der Waals surface area (Å²) in [5.74, 6) is 4.85. The third kappa shape index (κ3) is 5.61. The van der Waals surface area contributed by atoms with Gasteiger partial charge in [-0.15, -0.1) is 24.0 Å². The molecule has 4 nitrogen and oxygen atoms in total. The summed E-state index contributed by atoms with van der Waals surface area (Å²) in [7, 11) is 4.70. The smallest absolute Gasteiger partial charge is 0.240 e. The van der Waals surface area contributed by atoms with Gasteiger partial charge in [0.15, 0.2) is 0 Å². The van der Waals surface area contributed by atoms with E-state index < -0.39 is 13.2 Å². The topological polar surface area (TPSA) is 51.6 Å². The molecule has 0 aliphatic heterocycles. The van der Waals surface area contributed by atoms with Gasteiger partial charge in [-0.2, -0.15) is 35.0 Å². The van der Waals surface area contributed by atoms with Gasteiger partial charge in [0.25, 0.3) is 0 Å². The standard InChI is InChI=1S/C28H37N4P2Si.C5H5.Fe/c1-35(2,3)21-13-22(27-15-18-10-19(16-27)12-20(11-18)24(27)17-33)23(14-21)28(34,25-29-6-4-7-30-25)26-31-8-5-9-32-26;1-2-4-5-3-1;/h4-9,13-14,18-20,24H,10-12,15-17,33-34H2,1-3H3;1-5H;/q2*-1;+2. The van der Waals surface area contributed by atoms with Crippen LogP contribution in [0.2, 0.25) is 19.6 Å². The van der Waals surface area contributed by atoms with Gasteiger partial charge >= 0.3 is 17.1 Å². The molecule has 4 saturated carbocycles. The van der Waals surface area contributed by atoms with E-state index in [4.69, 9.17) is 19.9 Å². The van der Waals surface area contributed by atoms with E-state index in [1.54, 1.807) is 5.56 Å². The third-order valence-corrected chi connectivity index (χ3v) is 13.2. The van der Waals surface area contributed by atoms with E-state index in [1.807, 2.05) is 67.3 Å². The molecule has 4 bridgehead atoms. The summed E-state index contributed by atoms with van der Waals surface area (Å²) in [6.45, 7) is 7.39. The van der Waals surface area contributed by atoms with Crippen LogP contribution in [0.1, 0.15) is 54.9 Å². The van der Waals surface area contributed by atoms with Crippen LogP contribution in [0, 0.1) is 23.7 Å². The van der Waals surface area contributed by atoms with Crippen LogP contribution in [0.15, 0.2) is 79.4 Å². The first kappa shape index (κ1) is 30.9. The van der Waals surface area contributed by atoms with Gasteiger partial charge in [-0.1, -0.05) is 37.9 Å². The Morgan fingerprint density at radius 2 is 1.41 bits per heavy atom. The van der Waals surface area contributed by atoms with Crippen LogP contribution < -0.4 is 5.19 Å². The van der Waals surface area contributed by atoms with Crippen molar-refractivity contribution in [2.75, 3.05) is 6.16 Å². The minimum Gasteiger partial charge on any atom is -0.240 e. The third-order valence-electron chi connectivity index (χ3n) is 9.89. The first-order chi connectivity index (χ1) is 19.3. The molecule has 2 aromatic carbocycles. The van der Waals surface area contributed by atoms with Crippen LogP contribution in [0.4, 0.5) is 0 Å². The monoisotopic (exact) mass is 640 g/mol. The second-order valence-electron chi connectivity index (χ2n) is 13.3. The Hall–Kier alpha value is -1.54. The van der Waals surface area contributed by atoms with Crippen LogP contribution in [0.5, 0.6) is 0 Å². The molecule has 2 heterocycles. The fourth-order valence-electron chi connectivity index (χ4n) is 8.33. The summed E-state index contributed by atoms with van der Waals surface area (Å²) in [5.41, 5.74) is 3.11. The van der Waals surface area contributed by atoms with Gasteiger partial charge in [0.1, 0.15) is 16.8 Å². The van der Waals surface area contributed by atoms with Crippen molar-refractivity contribution in [1.82, 2.24) is 19.9 Å². The molecule has 0 spiro atoms. The summed E-state index contributed by atoms with van der Waals surface area (Å²) < 4.78 is 0. The summed E-state index contributed by atoms with van der Waals surface area (Å²) >= 11 is 0. The minimum absolute atomic E-state index is 0. The molecule has 0 radical (unpaired) electrons. The zero-order chi connectivity index (χ0) is 28.0. The van der Waals surface area contributed by atoms with Crippen molar-refractivity contribution >= 4 is 31.7 Å². The van der Waals surface area contributed by atoms with E-state index in [0.29, 0.717) is 0 Å². The largest absolute Gasteiger partial charge is 2.00 e. The molecule has 5 atom stereocenters. The van der Waals surface area contributed by atoms with Crippen LogP contribution in [0.25, 0.3) is 0 Å². The van der Waals surface area contributed by atoms with Crippen molar-refractivity contribution in [3.8, 4) is 0 Å². The molecule has 0 N–H and O–H groups in total. The Labute approximate surface area is 262 Å². The van der Waals surface area contributed by atoms with Crippen molar-refractivity contribution in [2.24, 2.45) is 23.7 Å². The van der Waals surface area contributed by atoms with E-state index in [1.165, 1.54) is 49.0 Å². The van der Waals surface area contributed by atoms with Gasteiger partial charge in [-0.3, -0.25) is 0 Å². The molecule has 41 heavy (non-hydrogen) atoms.